The minimum Gasteiger partial charge on any atom is -0.481 e. The molecule has 2 unspecified atom stereocenters. The Labute approximate surface area is 119 Å². The van der Waals surface area contributed by atoms with Gasteiger partial charge in [0.15, 0.2) is 0 Å². The lowest BCUT2D eigenvalue weighted by molar-refractivity contribution is -0.157. The minimum absolute atomic E-state index is 0.0227. The van der Waals surface area contributed by atoms with Crippen molar-refractivity contribution in [2.45, 2.75) is 63.5 Å². The van der Waals surface area contributed by atoms with Crippen LogP contribution in [-0.2, 0) is 14.3 Å². The van der Waals surface area contributed by atoms with Gasteiger partial charge in [0.1, 0.15) is 0 Å². The number of rotatable bonds is 3. The second kappa shape index (κ2) is 5.35. The summed E-state index contributed by atoms with van der Waals surface area (Å²) in [4.78, 5) is 26.1. The van der Waals surface area contributed by atoms with E-state index < -0.39 is 11.4 Å². The molecule has 3 aliphatic rings. The minimum atomic E-state index is -0.802. The zero-order valence-electron chi connectivity index (χ0n) is 11.8. The van der Waals surface area contributed by atoms with Crippen LogP contribution < -0.4 is 0 Å². The molecule has 0 spiro atoms. The highest BCUT2D eigenvalue weighted by molar-refractivity contribution is 5.85. The van der Waals surface area contributed by atoms with Crippen molar-refractivity contribution in [3.8, 4) is 0 Å². The first kappa shape index (κ1) is 13.9. The quantitative estimate of drug-likeness (QED) is 0.856. The number of aliphatic carboxylic acids is 1. The topological polar surface area (TPSA) is 66.8 Å². The highest BCUT2D eigenvalue weighted by Crippen LogP contribution is 2.42. The molecular weight excluding hydrogens is 258 g/mol. The monoisotopic (exact) mass is 281 g/mol. The van der Waals surface area contributed by atoms with Crippen LogP contribution >= 0.6 is 0 Å². The predicted molar refractivity (Wildman–Crippen MR) is 72.2 cm³/mol. The van der Waals surface area contributed by atoms with Crippen molar-refractivity contribution >= 4 is 11.9 Å². The average Bonchev–Trinajstić information content (AvgIpc) is 3.06. The molecule has 3 fully saturated rings. The van der Waals surface area contributed by atoms with Gasteiger partial charge in [0.05, 0.1) is 24.2 Å². The molecule has 5 heteroatoms. The number of hydrogen-bond donors (Lipinski definition) is 1. The third-order valence-electron chi connectivity index (χ3n) is 5.31. The van der Waals surface area contributed by atoms with Crippen molar-refractivity contribution < 1.29 is 19.4 Å². The molecule has 1 N–H and O–H groups in total. The van der Waals surface area contributed by atoms with E-state index in [0.29, 0.717) is 26.0 Å². The van der Waals surface area contributed by atoms with Gasteiger partial charge in [0, 0.05) is 13.0 Å². The second-order valence-corrected chi connectivity index (χ2v) is 6.46. The Kier molecular flexibility index (Phi) is 3.71. The Morgan fingerprint density at radius 1 is 1.20 bits per heavy atom. The number of carbonyl (C=O) groups excluding carboxylic acids is 1. The molecular formula is C15H23NO4. The summed E-state index contributed by atoms with van der Waals surface area (Å²) in [6.45, 7) is 1.21. The maximum atomic E-state index is 12.6. The van der Waals surface area contributed by atoms with Gasteiger partial charge in [0.25, 0.3) is 0 Å². The molecule has 2 atom stereocenters. The van der Waals surface area contributed by atoms with Crippen molar-refractivity contribution in [2.75, 3.05) is 13.2 Å². The number of nitrogens with zero attached hydrogens (tertiary/aromatic N) is 1. The van der Waals surface area contributed by atoms with E-state index in [1.54, 1.807) is 0 Å². The average molecular weight is 281 g/mol. The lowest BCUT2D eigenvalue weighted by Crippen LogP contribution is -2.52. The molecule has 0 radical (unpaired) electrons. The van der Waals surface area contributed by atoms with Crippen LogP contribution in [0.4, 0.5) is 0 Å². The standard InChI is InChI=1S/C15H23NO4/c17-13(10-15(14(18)19)6-1-2-7-15)16-8-9-20-12-5-3-4-11(12)16/h11-12H,1-10H2,(H,18,19). The number of hydrogen-bond acceptors (Lipinski definition) is 3. The van der Waals surface area contributed by atoms with Crippen LogP contribution in [0, 0.1) is 5.41 Å². The Morgan fingerprint density at radius 3 is 2.65 bits per heavy atom. The number of fused-ring (bicyclic) bond motifs is 1. The predicted octanol–water partition coefficient (Wildman–Crippen LogP) is 1.80. The first-order valence-corrected chi connectivity index (χ1v) is 7.77. The SMILES string of the molecule is O=C(CC1(C(=O)O)CCCC1)N1CCOC2CCCC21. The molecule has 5 nitrogen and oxygen atoms in total. The lowest BCUT2D eigenvalue weighted by Gasteiger charge is -2.39. The molecule has 2 saturated carbocycles. The summed E-state index contributed by atoms with van der Waals surface area (Å²) < 4.78 is 5.71. The summed E-state index contributed by atoms with van der Waals surface area (Å²) >= 11 is 0. The van der Waals surface area contributed by atoms with Crippen LogP contribution in [0.1, 0.15) is 51.4 Å². The van der Waals surface area contributed by atoms with E-state index in [1.165, 1.54) is 0 Å². The lowest BCUT2D eigenvalue weighted by atomic mass is 9.82. The zero-order chi connectivity index (χ0) is 14.2. The molecule has 0 aromatic heterocycles. The smallest absolute Gasteiger partial charge is 0.310 e. The van der Waals surface area contributed by atoms with Crippen molar-refractivity contribution in [3.05, 3.63) is 0 Å². The highest BCUT2D eigenvalue weighted by atomic mass is 16.5. The van der Waals surface area contributed by atoms with E-state index in [2.05, 4.69) is 0 Å². The maximum absolute atomic E-state index is 12.6. The normalized spacial score (nSPS) is 32.1. The van der Waals surface area contributed by atoms with Crippen LogP contribution in [0.25, 0.3) is 0 Å². The summed E-state index contributed by atoms with van der Waals surface area (Å²) in [5.74, 6) is -0.769. The first-order valence-electron chi connectivity index (χ1n) is 7.77. The van der Waals surface area contributed by atoms with Crippen LogP contribution in [0.3, 0.4) is 0 Å². The van der Waals surface area contributed by atoms with Gasteiger partial charge in [-0.05, 0) is 32.1 Å². The molecule has 2 aliphatic carbocycles. The Balaban J connectivity index is 1.70. The van der Waals surface area contributed by atoms with E-state index in [4.69, 9.17) is 4.74 Å². The molecule has 20 heavy (non-hydrogen) atoms. The van der Waals surface area contributed by atoms with E-state index >= 15 is 0 Å². The van der Waals surface area contributed by atoms with E-state index in [0.717, 1.165) is 32.1 Å². The third-order valence-corrected chi connectivity index (χ3v) is 5.31. The number of morpholine rings is 1. The van der Waals surface area contributed by atoms with Gasteiger partial charge in [-0.2, -0.15) is 0 Å². The van der Waals surface area contributed by atoms with Crippen molar-refractivity contribution in [3.63, 3.8) is 0 Å². The van der Waals surface area contributed by atoms with Crippen molar-refractivity contribution in [1.29, 1.82) is 0 Å². The number of carboxylic acid groups (broad SMARTS) is 1. The molecule has 3 rings (SSSR count). The van der Waals surface area contributed by atoms with Gasteiger partial charge >= 0.3 is 5.97 Å². The Bertz CT molecular complexity index is 403. The number of carbonyl (C=O) groups is 2. The summed E-state index contributed by atoms with van der Waals surface area (Å²) in [5.41, 5.74) is -0.802. The molecule has 1 heterocycles. The molecule has 0 aromatic carbocycles. The third kappa shape index (κ3) is 2.32. The molecule has 0 aromatic rings. The van der Waals surface area contributed by atoms with Crippen molar-refractivity contribution in [2.24, 2.45) is 5.41 Å². The molecule has 1 saturated heterocycles. The van der Waals surface area contributed by atoms with Gasteiger partial charge in [-0.25, -0.2) is 0 Å². The summed E-state index contributed by atoms with van der Waals surface area (Å²) in [6.07, 6.45) is 6.61. The van der Waals surface area contributed by atoms with E-state index in [9.17, 15) is 14.7 Å². The molecule has 1 aliphatic heterocycles. The van der Waals surface area contributed by atoms with Crippen LogP contribution in [-0.4, -0.2) is 47.2 Å². The summed E-state index contributed by atoms with van der Waals surface area (Å²) in [5, 5.41) is 9.50. The molecule has 1 amide bonds. The fourth-order valence-corrected chi connectivity index (χ4v) is 4.14. The number of carboxylic acids is 1. The summed E-state index contributed by atoms with van der Waals surface area (Å²) in [6, 6.07) is 0.184. The van der Waals surface area contributed by atoms with Crippen LogP contribution in [0.15, 0.2) is 0 Å². The Morgan fingerprint density at radius 2 is 1.95 bits per heavy atom. The highest BCUT2D eigenvalue weighted by Gasteiger charge is 2.46. The van der Waals surface area contributed by atoms with E-state index in [1.807, 2.05) is 4.90 Å². The summed E-state index contributed by atoms with van der Waals surface area (Å²) in [7, 11) is 0. The van der Waals surface area contributed by atoms with E-state index in [-0.39, 0.29) is 24.5 Å². The number of ether oxygens (including phenoxy) is 1. The van der Waals surface area contributed by atoms with Gasteiger partial charge in [0.2, 0.25) is 5.91 Å². The fourth-order valence-electron chi connectivity index (χ4n) is 4.14. The molecule has 0 bridgehead atoms. The fraction of sp³-hybridized carbons (Fsp3) is 0.867. The van der Waals surface area contributed by atoms with Crippen LogP contribution in [0.2, 0.25) is 0 Å². The second-order valence-electron chi connectivity index (χ2n) is 6.46. The van der Waals surface area contributed by atoms with Gasteiger partial charge in [-0.15, -0.1) is 0 Å². The van der Waals surface area contributed by atoms with Gasteiger partial charge in [-0.1, -0.05) is 12.8 Å². The Hall–Kier alpha value is -1.10. The maximum Gasteiger partial charge on any atom is 0.310 e. The first-order chi connectivity index (χ1) is 9.62. The zero-order valence-corrected chi connectivity index (χ0v) is 11.8. The molecule has 112 valence electrons. The van der Waals surface area contributed by atoms with Crippen LogP contribution in [0.5, 0.6) is 0 Å². The number of amides is 1. The van der Waals surface area contributed by atoms with Crippen molar-refractivity contribution in [1.82, 2.24) is 4.90 Å². The van der Waals surface area contributed by atoms with Gasteiger partial charge in [-0.3, -0.25) is 9.59 Å². The van der Waals surface area contributed by atoms with Gasteiger partial charge < -0.3 is 14.7 Å². The largest absolute Gasteiger partial charge is 0.481 e.